The van der Waals surface area contributed by atoms with Crippen LogP contribution in [0.3, 0.4) is 0 Å². The molecule has 1 aromatic heterocycles. The number of rotatable bonds is 2. The topological polar surface area (TPSA) is 28.5 Å². The molecule has 1 heterocycles. The molecule has 0 bridgehead atoms. The molecule has 14 heavy (non-hydrogen) atoms. The van der Waals surface area contributed by atoms with Crippen LogP contribution in [0.5, 0.6) is 0 Å². The molecule has 0 unspecified atom stereocenters. The van der Waals surface area contributed by atoms with E-state index in [4.69, 9.17) is 0 Å². The van der Waals surface area contributed by atoms with Gasteiger partial charge in [-0.05, 0) is 44.3 Å². The van der Waals surface area contributed by atoms with Crippen LogP contribution in [0.4, 0.5) is 5.82 Å². The first-order chi connectivity index (χ1) is 6.52. The maximum absolute atomic E-state index is 4.23. The first-order valence-electron chi connectivity index (χ1n) is 4.03. The van der Waals surface area contributed by atoms with Gasteiger partial charge in [-0.15, -0.1) is 0 Å². The highest BCUT2D eigenvalue weighted by Crippen LogP contribution is 2.30. The van der Waals surface area contributed by atoms with E-state index in [1.54, 1.807) is 12.5 Å². The van der Waals surface area contributed by atoms with Gasteiger partial charge in [-0.1, -0.05) is 0 Å². The summed E-state index contributed by atoms with van der Waals surface area (Å²) in [4.78, 5) is 10.3. The predicted octanol–water partition coefficient (Wildman–Crippen LogP) is 3.14. The van der Waals surface area contributed by atoms with Gasteiger partial charge in [0.15, 0.2) is 5.82 Å². The molecule has 1 aromatic rings. The van der Waals surface area contributed by atoms with Gasteiger partial charge in [0, 0.05) is 24.8 Å². The minimum absolute atomic E-state index is 0.694. The van der Waals surface area contributed by atoms with Crippen molar-refractivity contribution in [3.63, 3.8) is 0 Å². The summed E-state index contributed by atoms with van der Waals surface area (Å²) in [5.41, 5.74) is 1.10. The molecule has 0 atom stereocenters. The van der Waals surface area contributed by atoms with Crippen LogP contribution < -0.4 is 0 Å². The molecule has 0 fully saturated rings. The van der Waals surface area contributed by atoms with Crippen LogP contribution in [0, 0.1) is 6.92 Å². The Morgan fingerprint density at radius 2 is 2.07 bits per heavy atom. The molecule has 0 N–H and O–H groups in total. The number of hydrogen-bond donors (Lipinski definition) is 0. The molecule has 0 saturated heterocycles. The zero-order valence-corrected chi connectivity index (χ0v) is 11.4. The number of hydrogen-bond acceptors (Lipinski definition) is 2. The molecule has 76 valence electrons. The summed E-state index contributed by atoms with van der Waals surface area (Å²) in [6.45, 7) is 2.00. The van der Waals surface area contributed by atoms with E-state index in [-0.39, 0.29) is 0 Å². The largest absolute Gasteiger partial charge is 0.369 e. The fourth-order valence-corrected chi connectivity index (χ4v) is 1.79. The molecule has 0 aliphatic carbocycles. The van der Waals surface area contributed by atoms with Crippen molar-refractivity contribution in [3.8, 4) is 0 Å². The second kappa shape index (κ2) is 4.89. The van der Waals surface area contributed by atoms with Crippen molar-refractivity contribution in [1.29, 1.82) is 0 Å². The van der Waals surface area contributed by atoms with Crippen LogP contribution in [0.2, 0.25) is 0 Å². The molecule has 5 heteroatoms. The molecule has 0 aliphatic rings. The summed E-state index contributed by atoms with van der Waals surface area (Å²) >= 11 is 6.86. The Kier molecular flexibility index (Phi) is 4.07. The van der Waals surface area contributed by atoms with Gasteiger partial charge in [0.25, 0.3) is 0 Å². The standard InChI is InChI=1S/C9H11Br2N3/c1-6-7(10)4-12-9(8(6)11)13-5-14(2)3/h4-5H,1-3H3. The van der Waals surface area contributed by atoms with Crippen LogP contribution in [0.25, 0.3) is 0 Å². The van der Waals surface area contributed by atoms with E-state index in [1.165, 1.54) is 0 Å². The number of pyridine rings is 1. The molecule has 0 amide bonds. The summed E-state index contributed by atoms with van der Waals surface area (Å²) < 4.78 is 1.90. The minimum Gasteiger partial charge on any atom is -0.369 e. The summed E-state index contributed by atoms with van der Waals surface area (Å²) in [5, 5.41) is 0. The third kappa shape index (κ3) is 2.78. The second-order valence-electron chi connectivity index (χ2n) is 3.08. The van der Waals surface area contributed by atoms with Gasteiger partial charge in [-0.25, -0.2) is 9.98 Å². The van der Waals surface area contributed by atoms with Crippen LogP contribution in [0.1, 0.15) is 5.56 Å². The van der Waals surface area contributed by atoms with Crippen molar-refractivity contribution in [2.45, 2.75) is 6.92 Å². The van der Waals surface area contributed by atoms with Crippen LogP contribution in [0.15, 0.2) is 20.1 Å². The number of halogens is 2. The SMILES string of the molecule is Cc1c(Br)cnc(N=CN(C)C)c1Br. The van der Waals surface area contributed by atoms with Gasteiger partial charge in [-0.2, -0.15) is 0 Å². The van der Waals surface area contributed by atoms with Crippen LogP contribution in [-0.4, -0.2) is 30.3 Å². The molecule has 0 radical (unpaired) electrons. The highest BCUT2D eigenvalue weighted by atomic mass is 79.9. The minimum atomic E-state index is 0.694. The van der Waals surface area contributed by atoms with Gasteiger partial charge in [0.1, 0.15) is 0 Å². The highest BCUT2D eigenvalue weighted by Gasteiger charge is 2.05. The Labute approximate surface area is 101 Å². The van der Waals surface area contributed by atoms with Gasteiger partial charge in [-0.3, -0.25) is 0 Å². The summed E-state index contributed by atoms with van der Waals surface area (Å²) in [5.74, 6) is 0.694. The van der Waals surface area contributed by atoms with E-state index in [0.29, 0.717) is 5.82 Å². The molecule has 0 saturated carbocycles. The van der Waals surface area contributed by atoms with Crippen molar-refractivity contribution in [2.75, 3.05) is 14.1 Å². The Balaban J connectivity index is 3.06. The number of aliphatic imine (C=N–C) groups is 1. The van der Waals surface area contributed by atoms with Crippen molar-refractivity contribution in [1.82, 2.24) is 9.88 Å². The average molecular weight is 321 g/mol. The number of nitrogens with zero attached hydrogens (tertiary/aromatic N) is 3. The van der Waals surface area contributed by atoms with E-state index in [1.807, 2.05) is 25.9 Å². The van der Waals surface area contributed by atoms with Crippen molar-refractivity contribution in [3.05, 3.63) is 20.7 Å². The quantitative estimate of drug-likeness (QED) is 0.618. The fraction of sp³-hybridized carbons (Fsp3) is 0.333. The van der Waals surface area contributed by atoms with Gasteiger partial charge >= 0.3 is 0 Å². The second-order valence-corrected chi connectivity index (χ2v) is 4.72. The van der Waals surface area contributed by atoms with E-state index < -0.39 is 0 Å². The van der Waals surface area contributed by atoms with E-state index in [9.17, 15) is 0 Å². The monoisotopic (exact) mass is 319 g/mol. The van der Waals surface area contributed by atoms with Crippen LogP contribution >= 0.6 is 31.9 Å². The molecule has 3 nitrogen and oxygen atoms in total. The maximum atomic E-state index is 4.23. The lowest BCUT2D eigenvalue weighted by molar-refractivity contribution is 0.643. The molecular weight excluding hydrogens is 310 g/mol. The van der Waals surface area contributed by atoms with Crippen molar-refractivity contribution < 1.29 is 0 Å². The Bertz CT molecular complexity index is 361. The zero-order chi connectivity index (χ0) is 10.7. The van der Waals surface area contributed by atoms with E-state index in [0.717, 1.165) is 14.5 Å². The molecule has 0 aromatic carbocycles. The first kappa shape index (κ1) is 11.7. The Hall–Kier alpha value is -0.420. The van der Waals surface area contributed by atoms with Gasteiger partial charge in [0.2, 0.25) is 0 Å². The predicted molar refractivity (Wildman–Crippen MR) is 66.2 cm³/mol. The molecule has 1 rings (SSSR count). The van der Waals surface area contributed by atoms with E-state index >= 15 is 0 Å². The Morgan fingerprint density at radius 1 is 1.43 bits per heavy atom. The lowest BCUT2D eigenvalue weighted by atomic mass is 10.3. The maximum Gasteiger partial charge on any atom is 0.168 e. The zero-order valence-electron chi connectivity index (χ0n) is 8.25. The van der Waals surface area contributed by atoms with Crippen molar-refractivity contribution in [2.24, 2.45) is 4.99 Å². The highest BCUT2D eigenvalue weighted by molar-refractivity contribution is 9.11. The molecular formula is C9H11Br2N3. The third-order valence-corrected chi connectivity index (χ3v) is 3.34. The normalized spacial score (nSPS) is 10.9. The fourth-order valence-electron chi connectivity index (χ4n) is 0.804. The lowest BCUT2D eigenvalue weighted by Crippen LogP contribution is -2.07. The summed E-state index contributed by atoms with van der Waals surface area (Å²) in [6.07, 6.45) is 3.48. The third-order valence-electron chi connectivity index (χ3n) is 1.59. The summed E-state index contributed by atoms with van der Waals surface area (Å²) in [6, 6.07) is 0. The number of aromatic nitrogens is 1. The molecule has 0 spiro atoms. The average Bonchev–Trinajstić information content (AvgIpc) is 2.13. The summed E-state index contributed by atoms with van der Waals surface area (Å²) in [7, 11) is 3.84. The van der Waals surface area contributed by atoms with Gasteiger partial charge in [0.05, 0.1) is 10.8 Å². The lowest BCUT2D eigenvalue weighted by Gasteiger charge is -2.05. The van der Waals surface area contributed by atoms with Crippen molar-refractivity contribution >= 4 is 44.0 Å². The van der Waals surface area contributed by atoms with E-state index in [2.05, 4.69) is 41.8 Å². The van der Waals surface area contributed by atoms with Crippen LogP contribution in [-0.2, 0) is 0 Å². The van der Waals surface area contributed by atoms with Gasteiger partial charge < -0.3 is 4.90 Å². The Morgan fingerprint density at radius 3 is 2.64 bits per heavy atom. The molecule has 0 aliphatic heterocycles. The smallest absolute Gasteiger partial charge is 0.168 e. The first-order valence-corrected chi connectivity index (χ1v) is 5.62.